The number of ether oxygens (including phenoxy) is 1. The Kier molecular flexibility index (Phi) is 5.58. The van der Waals surface area contributed by atoms with Gasteiger partial charge in [-0.05, 0) is 55.2 Å². The van der Waals surface area contributed by atoms with Gasteiger partial charge in [-0.2, -0.15) is 0 Å². The van der Waals surface area contributed by atoms with E-state index in [9.17, 15) is 9.18 Å². The fraction of sp³-hybridized carbons (Fsp3) is 0.421. The number of carbonyl (C=O) groups excluding carboxylic acids is 1. The van der Waals surface area contributed by atoms with Gasteiger partial charge in [0.1, 0.15) is 11.6 Å². The van der Waals surface area contributed by atoms with Gasteiger partial charge in [0, 0.05) is 12.1 Å². The molecule has 0 aliphatic heterocycles. The minimum Gasteiger partial charge on any atom is -0.469 e. The van der Waals surface area contributed by atoms with Crippen LogP contribution in [-0.2, 0) is 9.53 Å². The third-order valence-corrected chi connectivity index (χ3v) is 4.76. The molecule has 0 spiro atoms. The van der Waals surface area contributed by atoms with Crippen molar-refractivity contribution in [2.24, 2.45) is 11.8 Å². The van der Waals surface area contributed by atoms with E-state index in [4.69, 9.17) is 4.74 Å². The number of nitrogens with zero attached hydrogens (tertiary/aromatic N) is 2. The summed E-state index contributed by atoms with van der Waals surface area (Å²) in [5, 5.41) is 11.6. The maximum Gasteiger partial charge on any atom is 0.309 e. The number of halogens is 1. The fourth-order valence-corrected chi connectivity index (χ4v) is 3.35. The number of benzene rings is 1. The van der Waals surface area contributed by atoms with Crippen molar-refractivity contribution in [3.8, 4) is 11.3 Å². The molecular formula is C19H22FN3O2. The van der Waals surface area contributed by atoms with Gasteiger partial charge in [-0.3, -0.25) is 4.79 Å². The largest absolute Gasteiger partial charge is 0.469 e. The summed E-state index contributed by atoms with van der Waals surface area (Å²) in [5.74, 6) is 0.476. The van der Waals surface area contributed by atoms with Crippen molar-refractivity contribution in [2.75, 3.05) is 19.0 Å². The molecule has 1 aliphatic rings. The quantitative estimate of drug-likeness (QED) is 0.839. The van der Waals surface area contributed by atoms with E-state index in [1.54, 1.807) is 12.1 Å². The molecule has 0 amide bonds. The number of esters is 1. The van der Waals surface area contributed by atoms with E-state index in [2.05, 4.69) is 15.5 Å². The summed E-state index contributed by atoms with van der Waals surface area (Å²) in [5.41, 5.74) is 1.51. The maximum atomic E-state index is 13.0. The molecule has 0 bridgehead atoms. The van der Waals surface area contributed by atoms with Crippen molar-refractivity contribution < 1.29 is 13.9 Å². The highest BCUT2D eigenvalue weighted by atomic mass is 19.1. The lowest BCUT2D eigenvalue weighted by atomic mass is 9.79. The Labute approximate surface area is 146 Å². The molecule has 0 radical (unpaired) electrons. The minimum atomic E-state index is -0.275. The van der Waals surface area contributed by atoms with E-state index in [-0.39, 0.29) is 23.6 Å². The molecule has 2 atom stereocenters. The Balaban J connectivity index is 1.61. The van der Waals surface area contributed by atoms with Crippen molar-refractivity contribution >= 4 is 11.8 Å². The highest BCUT2D eigenvalue weighted by molar-refractivity contribution is 5.72. The summed E-state index contributed by atoms with van der Waals surface area (Å²) >= 11 is 0. The van der Waals surface area contributed by atoms with Gasteiger partial charge in [-0.25, -0.2) is 4.39 Å². The molecule has 25 heavy (non-hydrogen) atoms. The average molecular weight is 343 g/mol. The first kappa shape index (κ1) is 17.3. The summed E-state index contributed by atoms with van der Waals surface area (Å²) in [4.78, 5) is 11.9. The number of nitrogens with one attached hydrogen (secondary N) is 1. The van der Waals surface area contributed by atoms with Crippen LogP contribution in [-0.4, -0.2) is 29.8 Å². The fourth-order valence-electron chi connectivity index (χ4n) is 3.35. The molecule has 0 saturated heterocycles. The molecule has 1 N–H and O–H groups in total. The predicted molar refractivity (Wildman–Crippen MR) is 93.4 cm³/mol. The van der Waals surface area contributed by atoms with Crippen LogP contribution >= 0.6 is 0 Å². The van der Waals surface area contributed by atoms with Gasteiger partial charge >= 0.3 is 5.97 Å². The molecule has 6 heteroatoms. The molecule has 1 aromatic carbocycles. The van der Waals surface area contributed by atoms with E-state index in [1.165, 1.54) is 19.2 Å². The second kappa shape index (κ2) is 8.05. The smallest absolute Gasteiger partial charge is 0.309 e. The summed E-state index contributed by atoms with van der Waals surface area (Å²) < 4.78 is 17.9. The van der Waals surface area contributed by atoms with Crippen LogP contribution in [0.25, 0.3) is 11.3 Å². The van der Waals surface area contributed by atoms with Gasteiger partial charge in [0.15, 0.2) is 0 Å². The lowest BCUT2D eigenvalue weighted by Crippen LogP contribution is -2.32. The standard InChI is InChI=1S/C19H22FN3O2/c1-25-19(24)16-5-3-2-4-14(16)12-21-18-11-10-17(22-23-18)13-6-8-15(20)9-7-13/h6-11,14,16H,2-5,12H2,1H3,(H,21,23). The van der Waals surface area contributed by atoms with Gasteiger partial charge in [0.2, 0.25) is 0 Å². The second-order valence-electron chi connectivity index (χ2n) is 6.37. The van der Waals surface area contributed by atoms with Crippen molar-refractivity contribution in [3.63, 3.8) is 0 Å². The van der Waals surface area contributed by atoms with E-state index in [0.717, 1.165) is 31.2 Å². The van der Waals surface area contributed by atoms with Crippen molar-refractivity contribution in [3.05, 3.63) is 42.2 Å². The summed E-state index contributed by atoms with van der Waals surface area (Å²) in [7, 11) is 1.45. The lowest BCUT2D eigenvalue weighted by Gasteiger charge is -2.29. The van der Waals surface area contributed by atoms with Crippen LogP contribution in [0.5, 0.6) is 0 Å². The molecule has 132 valence electrons. The Morgan fingerprint density at radius 1 is 1.16 bits per heavy atom. The van der Waals surface area contributed by atoms with Crippen LogP contribution < -0.4 is 5.32 Å². The zero-order chi connectivity index (χ0) is 17.6. The minimum absolute atomic E-state index is 0.0438. The van der Waals surface area contributed by atoms with E-state index < -0.39 is 0 Å². The van der Waals surface area contributed by atoms with Crippen LogP contribution in [0.1, 0.15) is 25.7 Å². The molecule has 2 aromatic rings. The van der Waals surface area contributed by atoms with E-state index in [0.29, 0.717) is 18.1 Å². The second-order valence-corrected chi connectivity index (χ2v) is 6.37. The Bertz CT molecular complexity index is 704. The molecule has 3 rings (SSSR count). The number of methoxy groups -OCH3 is 1. The molecule has 5 nitrogen and oxygen atoms in total. The molecule has 1 aromatic heterocycles. The number of aromatic nitrogens is 2. The number of anilines is 1. The molecule has 1 aliphatic carbocycles. The third-order valence-electron chi connectivity index (χ3n) is 4.76. The highest BCUT2D eigenvalue weighted by Gasteiger charge is 2.31. The molecule has 1 fully saturated rings. The van der Waals surface area contributed by atoms with Crippen molar-refractivity contribution in [2.45, 2.75) is 25.7 Å². The third kappa shape index (κ3) is 4.32. The first-order valence-electron chi connectivity index (χ1n) is 8.59. The summed E-state index contributed by atoms with van der Waals surface area (Å²) in [6.07, 6.45) is 4.10. The van der Waals surface area contributed by atoms with Crippen LogP contribution in [0, 0.1) is 17.7 Å². The van der Waals surface area contributed by atoms with Crippen LogP contribution in [0.15, 0.2) is 36.4 Å². The van der Waals surface area contributed by atoms with Gasteiger partial charge in [-0.15, -0.1) is 10.2 Å². The summed E-state index contributed by atoms with van der Waals surface area (Å²) in [6.45, 7) is 0.671. The highest BCUT2D eigenvalue weighted by Crippen LogP contribution is 2.31. The van der Waals surface area contributed by atoms with E-state index >= 15 is 0 Å². The SMILES string of the molecule is COC(=O)C1CCCCC1CNc1ccc(-c2ccc(F)cc2)nn1. The zero-order valence-corrected chi connectivity index (χ0v) is 14.2. The number of rotatable bonds is 5. The van der Waals surface area contributed by atoms with Gasteiger partial charge in [0.05, 0.1) is 18.7 Å². The number of hydrogen-bond donors (Lipinski definition) is 1. The van der Waals surface area contributed by atoms with Gasteiger partial charge in [-0.1, -0.05) is 12.8 Å². The van der Waals surface area contributed by atoms with E-state index in [1.807, 2.05) is 12.1 Å². The monoisotopic (exact) mass is 343 g/mol. The lowest BCUT2D eigenvalue weighted by molar-refractivity contribution is -0.148. The Hall–Kier alpha value is -2.50. The Morgan fingerprint density at radius 2 is 1.92 bits per heavy atom. The normalized spacial score (nSPS) is 20.1. The summed E-state index contributed by atoms with van der Waals surface area (Å²) in [6, 6.07) is 9.85. The number of carbonyl (C=O) groups is 1. The van der Waals surface area contributed by atoms with Gasteiger partial charge in [0.25, 0.3) is 0 Å². The maximum absolute atomic E-state index is 13.0. The van der Waals surface area contributed by atoms with Crippen LogP contribution in [0.3, 0.4) is 0 Å². The molecule has 1 heterocycles. The first-order valence-corrected chi connectivity index (χ1v) is 8.59. The average Bonchev–Trinajstić information content (AvgIpc) is 2.67. The molecular weight excluding hydrogens is 321 g/mol. The Morgan fingerprint density at radius 3 is 2.60 bits per heavy atom. The van der Waals surface area contributed by atoms with Crippen molar-refractivity contribution in [1.82, 2.24) is 10.2 Å². The van der Waals surface area contributed by atoms with Crippen molar-refractivity contribution in [1.29, 1.82) is 0 Å². The topological polar surface area (TPSA) is 64.1 Å². The number of hydrogen-bond acceptors (Lipinski definition) is 5. The van der Waals surface area contributed by atoms with Gasteiger partial charge < -0.3 is 10.1 Å². The zero-order valence-electron chi connectivity index (χ0n) is 14.2. The van der Waals surface area contributed by atoms with Crippen LogP contribution in [0.4, 0.5) is 10.2 Å². The molecule has 2 unspecified atom stereocenters. The molecule has 1 saturated carbocycles. The first-order chi connectivity index (χ1) is 12.2. The predicted octanol–water partition coefficient (Wildman–Crippen LogP) is 3.67. The van der Waals surface area contributed by atoms with Crippen LogP contribution in [0.2, 0.25) is 0 Å².